The van der Waals surface area contributed by atoms with E-state index in [1.165, 1.54) is 22.1 Å². The summed E-state index contributed by atoms with van der Waals surface area (Å²) in [6.45, 7) is 6.82. The monoisotopic (exact) mass is 418 g/mol. The zero-order valence-corrected chi connectivity index (χ0v) is 18.7. The van der Waals surface area contributed by atoms with Crippen LogP contribution in [-0.2, 0) is 4.74 Å². The van der Waals surface area contributed by atoms with Crippen LogP contribution >= 0.6 is 0 Å². The highest BCUT2D eigenvalue weighted by atomic mass is 16.5. The molecule has 1 heterocycles. The van der Waals surface area contributed by atoms with Crippen molar-refractivity contribution in [3.63, 3.8) is 0 Å². The molecule has 0 fully saturated rings. The molecule has 0 atom stereocenters. The van der Waals surface area contributed by atoms with Crippen molar-refractivity contribution in [1.82, 2.24) is 0 Å². The molecule has 0 unspecified atom stereocenters. The van der Waals surface area contributed by atoms with Crippen LogP contribution < -0.4 is 0 Å². The standard InChI is InChI=1S/C29H26N2O/c1-20-15-17-21(18-16-20)23-11-7-13-25-24(23)12-8-14-26(25)30-27(22-9-5-4-6-10-22)28-31-29(2,3)19-32-28/h4-18H,19H2,1-3H3/b30-27+. The molecule has 158 valence electrons. The molecule has 4 aromatic carbocycles. The summed E-state index contributed by atoms with van der Waals surface area (Å²) in [5.74, 6) is 0.605. The first kappa shape index (κ1) is 20.2. The van der Waals surface area contributed by atoms with Crippen LogP contribution in [0.4, 0.5) is 5.69 Å². The van der Waals surface area contributed by atoms with Crippen molar-refractivity contribution >= 4 is 28.1 Å². The lowest BCUT2D eigenvalue weighted by Gasteiger charge is -2.11. The van der Waals surface area contributed by atoms with Crippen molar-refractivity contribution < 1.29 is 4.74 Å². The SMILES string of the molecule is Cc1ccc(-c2cccc3c(/N=C(/C4=NC(C)(C)CO4)c4ccccc4)cccc23)cc1. The number of benzene rings is 4. The first-order valence-electron chi connectivity index (χ1n) is 11.0. The van der Waals surface area contributed by atoms with Crippen molar-refractivity contribution in [3.8, 4) is 11.1 Å². The number of hydrogen-bond donors (Lipinski definition) is 0. The van der Waals surface area contributed by atoms with Crippen LogP contribution in [0.5, 0.6) is 0 Å². The van der Waals surface area contributed by atoms with Crippen molar-refractivity contribution in [3.05, 3.63) is 102 Å². The second kappa shape index (κ2) is 8.08. The van der Waals surface area contributed by atoms with Gasteiger partial charge in [0.2, 0.25) is 5.90 Å². The summed E-state index contributed by atoms with van der Waals surface area (Å²) in [4.78, 5) is 9.92. The number of hydrogen-bond acceptors (Lipinski definition) is 3. The van der Waals surface area contributed by atoms with E-state index in [4.69, 9.17) is 14.7 Å². The molecule has 0 saturated heterocycles. The molecule has 0 N–H and O–H groups in total. The van der Waals surface area contributed by atoms with Gasteiger partial charge >= 0.3 is 0 Å². The third-order valence-electron chi connectivity index (χ3n) is 5.71. The Morgan fingerprint density at radius 1 is 0.812 bits per heavy atom. The minimum Gasteiger partial charge on any atom is -0.474 e. The summed E-state index contributed by atoms with van der Waals surface area (Å²) >= 11 is 0. The average Bonchev–Trinajstić information content (AvgIpc) is 3.17. The molecule has 5 rings (SSSR count). The van der Waals surface area contributed by atoms with Gasteiger partial charge in [-0.15, -0.1) is 0 Å². The summed E-state index contributed by atoms with van der Waals surface area (Å²) in [7, 11) is 0. The van der Waals surface area contributed by atoms with Gasteiger partial charge in [0.25, 0.3) is 0 Å². The van der Waals surface area contributed by atoms with E-state index in [2.05, 4.69) is 93.6 Å². The Hall–Kier alpha value is -3.72. The van der Waals surface area contributed by atoms with Gasteiger partial charge in [0.05, 0.1) is 11.2 Å². The van der Waals surface area contributed by atoms with E-state index >= 15 is 0 Å². The molecule has 3 nitrogen and oxygen atoms in total. The van der Waals surface area contributed by atoms with Crippen LogP contribution in [0.3, 0.4) is 0 Å². The van der Waals surface area contributed by atoms with Gasteiger partial charge in [-0.3, -0.25) is 0 Å². The molecule has 3 heteroatoms. The quantitative estimate of drug-likeness (QED) is 0.324. The van der Waals surface area contributed by atoms with Gasteiger partial charge in [-0.1, -0.05) is 90.5 Å². The van der Waals surface area contributed by atoms with E-state index in [1.54, 1.807) is 0 Å². The van der Waals surface area contributed by atoms with Crippen LogP contribution in [0.25, 0.3) is 21.9 Å². The second-order valence-corrected chi connectivity index (χ2v) is 8.89. The average molecular weight is 419 g/mol. The fourth-order valence-corrected chi connectivity index (χ4v) is 4.03. The Kier molecular flexibility index (Phi) is 5.10. The predicted molar refractivity (Wildman–Crippen MR) is 134 cm³/mol. The van der Waals surface area contributed by atoms with Gasteiger partial charge < -0.3 is 4.74 Å². The molecular formula is C29H26N2O. The van der Waals surface area contributed by atoms with E-state index in [0.29, 0.717) is 12.5 Å². The van der Waals surface area contributed by atoms with Crippen molar-refractivity contribution in [2.24, 2.45) is 9.98 Å². The van der Waals surface area contributed by atoms with Gasteiger partial charge in [0.1, 0.15) is 12.3 Å². The topological polar surface area (TPSA) is 34.0 Å². The fourth-order valence-electron chi connectivity index (χ4n) is 4.03. The van der Waals surface area contributed by atoms with Crippen LogP contribution in [-0.4, -0.2) is 23.8 Å². The maximum absolute atomic E-state index is 5.99. The predicted octanol–water partition coefficient (Wildman–Crippen LogP) is 7.14. The Bertz CT molecular complexity index is 1330. The Labute approximate surface area is 189 Å². The molecule has 4 aromatic rings. The van der Waals surface area contributed by atoms with Crippen LogP contribution in [0.15, 0.2) is 101 Å². The Morgan fingerprint density at radius 2 is 1.53 bits per heavy atom. The summed E-state index contributed by atoms with van der Waals surface area (Å²) in [5, 5.41) is 2.29. The summed E-state index contributed by atoms with van der Waals surface area (Å²) in [6, 6.07) is 31.5. The fraction of sp³-hybridized carbons (Fsp3) is 0.172. The van der Waals surface area contributed by atoms with E-state index in [1.807, 2.05) is 18.2 Å². The van der Waals surface area contributed by atoms with E-state index in [0.717, 1.165) is 22.3 Å². The summed E-state index contributed by atoms with van der Waals surface area (Å²) < 4.78 is 5.99. The number of nitrogens with zero attached hydrogens (tertiary/aromatic N) is 2. The maximum Gasteiger partial charge on any atom is 0.236 e. The molecule has 1 aliphatic rings. The minimum absolute atomic E-state index is 0.248. The van der Waals surface area contributed by atoms with Gasteiger partial charge in [0.15, 0.2) is 0 Å². The smallest absolute Gasteiger partial charge is 0.236 e. The van der Waals surface area contributed by atoms with Crippen LogP contribution in [0.2, 0.25) is 0 Å². The van der Waals surface area contributed by atoms with Crippen LogP contribution in [0.1, 0.15) is 25.0 Å². The summed E-state index contributed by atoms with van der Waals surface area (Å²) in [6.07, 6.45) is 0. The first-order chi connectivity index (χ1) is 15.5. The highest BCUT2D eigenvalue weighted by Crippen LogP contribution is 2.34. The molecule has 0 radical (unpaired) electrons. The normalized spacial score (nSPS) is 15.5. The molecule has 32 heavy (non-hydrogen) atoms. The minimum atomic E-state index is -0.248. The second-order valence-electron chi connectivity index (χ2n) is 8.89. The number of aryl methyl sites for hydroxylation is 1. The van der Waals surface area contributed by atoms with E-state index in [-0.39, 0.29) is 5.54 Å². The molecule has 1 aliphatic heterocycles. The first-order valence-corrected chi connectivity index (χ1v) is 11.0. The number of aliphatic imine (C=N–C) groups is 2. The lowest BCUT2D eigenvalue weighted by atomic mass is 9.97. The van der Waals surface area contributed by atoms with E-state index in [9.17, 15) is 0 Å². The Balaban J connectivity index is 1.69. The molecule has 0 spiro atoms. The lowest BCUT2D eigenvalue weighted by molar-refractivity contribution is 0.282. The largest absolute Gasteiger partial charge is 0.474 e. The zero-order chi connectivity index (χ0) is 22.1. The van der Waals surface area contributed by atoms with Gasteiger partial charge in [-0.2, -0.15) is 0 Å². The molecule has 0 saturated carbocycles. The van der Waals surface area contributed by atoms with Gasteiger partial charge in [0, 0.05) is 10.9 Å². The van der Waals surface area contributed by atoms with Gasteiger partial charge in [-0.05, 0) is 43.4 Å². The van der Waals surface area contributed by atoms with E-state index < -0.39 is 0 Å². The third-order valence-corrected chi connectivity index (χ3v) is 5.71. The lowest BCUT2D eigenvalue weighted by Crippen LogP contribution is -2.17. The molecular weight excluding hydrogens is 392 g/mol. The van der Waals surface area contributed by atoms with Crippen molar-refractivity contribution in [1.29, 1.82) is 0 Å². The summed E-state index contributed by atoms with van der Waals surface area (Å²) in [5.41, 5.74) is 6.09. The molecule has 0 amide bonds. The van der Waals surface area contributed by atoms with Crippen molar-refractivity contribution in [2.75, 3.05) is 6.61 Å². The van der Waals surface area contributed by atoms with Gasteiger partial charge in [-0.25, -0.2) is 9.98 Å². The maximum atomic E-state index is 5.99. The highest BCUT2D eigenvalue weighted by Gasteiger charge is 2.29. The number of fused-ring (bicyclic) bond motifs is 1. The highest BCUT2D eigenvalue weighted by molar-refractivity contribution is 6.46. The molecule has 0 bridgehead atoms. The Morgan fingerprint density at radius 3 is 2.25 bits per heavy atom. The number of rotatable bonds is 4. The van der Waals surface area contributed by atoms with Crippen molar-refractivity contribution in [2.45, 2.75) is 26.3 Å². The zero-order valence-electron chi connectivity index (χ0n) is 18.7. The van der Waals surface area contributed by atoms with Crippen LogP contribution in [0, 0.1) is 6.92 Å². The molecule has 0 aliphatic carbocycles. The third kappa shape index (κ3) is 3.94. The number of ether oxygens (including phenoxy) is 1. The molecule has 0 aromatic heterocycles.